The van der Waals surface area contributed by atoms with E-state index < -0.39 is 13.4 Å². The molecule has 0 saturated heterocycles. The molecule has 0 fully saturated rings. The predicted molar refractivity (Wildman–Crippen MR) is 39.5 cm³/mol. The zero-order valence-corrected chi connectivity index (χ0v) is 6.92. The molecule has 0 heterocycles. The molecular formula is C5H14NO3P. The Balaban J connectivity index is 3.63. The number of unbranched alkanes of at least 4 members (excludes halogenated alkanes) is 1. The van der Waals surface area contributed by atoms with E-state index in [2.05, 4.69) is 0 Å². The molecule has 0 spiro atoms. The molecule has 0 aromatic heterocycles. The highest BCUT2D eigenvalue weighted by atomic mass is 31.2. The summed E-state index contributed by atoms with van der Waals surface area (Å²) in [4.78, 5) is 17.0. The third-order valence-electron chi connectivity index (χ3n) is 1.29. The Hall–Kier alpha value is 0.110. The summed E-state index contributed by atoms with van der Waals surface area (Å²) in [6.45, 7) is 1.95. The Morgan fingerprint density at radius 3 is 2.40 bits per heavy atom. The van der Waals surface area contributed by atoms with Crippen molar-refractivity contribution in [3.8, 4) is 0 Å². The van der Waals surface area contributed by atoms with Gasteiger partial charge in [0.1, 0.15) is 5.78 Å². The molecule has 0 aliphatic heterocycles. The molecule has 4 nitrogen and oxygen atoms in total. The molecule has 0 radical (unpaired) electrons. The first-order valence-corrected chi connectivity index (χ1v) is 4.97. The molecular weight excluding hydrogens is 153 g/mol. The minimum Gasteiger partial charge on any atom is -0.323 e. The van der Waals surface area contributed by atoms with Crippen molar-refractivity contribution in [2.75, 3.05) is 0 Å². The Bertz CT molecular complexity index is 133. The van der Waals surface area contributed by atoms with Crippen LogP contribution < -0.4 is 5.73 Å². The lowest BCUT2D eigenvalue weighted by Gasteiger charge is -2.11. The van der Waals surface area contributed by atoms with Gasteiger partial charge in [-0.15, -0.1) is 0 Å². The van der Waals surface area contributed by atoms with Crippen LogP contribution in [0, 0.1) is 0 Å². The molecule has 0 rings (SSSR count). The van der Waals surface area contributed by atoms with E-state index in [4.69, 9.17) is 15.5 Å². The second kappa shape index (κ2) is 4.09. The van der Waals surface area contributed by atoms with Crippen LogP contribution in [0.3, 0.4) is 0 Å². The average molecular weight is 167 g/mol. The number of nitrogens with two attached hydrogens (primary N) is 1. The maximum absolute atomic E-state index is 10.4. The fourth-order valence-corrected chi connectivity index (χ4v) is 1.10. The Labute approximate surface area is 60.6 Å². The monoisotopic (exact) mass is 167 g/mol. The summed E-state index contributed by atoms with van der Waals surface area (Å²) >= 11 is 0. The zero-order valence-electron chi connectivity index (χ0n) is 6.03. The van der Waals surface area contributed by atoms with Crippen LogP contribution >= 0.6 is 7.60 Å². The predicted octanol–water partition coefficient (Wildman–Crippen LogP) is 0.639. The van der Waals surface area contributed by atoms with E-state index in [-0.39, 0.29) is 0 Å². The summed E-state index contributed by atoms with van der Waals surface area (Å²) in [6.07, 6.45) is 2.08. The molecule has 5 heteroatoms. The quantitative estimate of drug-likeness (QED) is 0.536. The van der Waals surface area contributed by atoms with E-state index in [1.54, 1.807) is 0 Å². The SMILES string of the molecule is CCCC[C@H](N)P(=O)(O)O. The van der Waals surface area contributed by atoms with Gasteiger partial charge in [0.25, 0.3) is 0 Å². The highest BCUT2D eigenvalue weighted by Crippen LogP contribution is 2.40. The first kappa shape index (κ1) is 10.1. The Kier molecular flexibility index (Phi) is 4.13. The van der Waals surface area contributed by atoms with Crippen molar-refractivity contribution < 1.29 is 14.4 Å². The lowest BCUT2D eigenvalue weighted by molar-refractivity contribution is 0.354. The normalized spacial score (nSPS) is 15.2. The van der Waals surface area contributed by atoms with Gasteiger partial charge in [0.15, 0.2) is 0 Å². The molecule has 0 amide bonds. The molecule has 0 aromatic carbocycles. The third-order valence-corrected chi connectivity index (χ3v) is 2.41. The second-order valence-electron chi connectivity index (χ2n) is 2.30. The van der Waals surface area contributed by atoms with Crippen LogP contribution in [-0.2, 0) is 4.57 Å². The highest BCUT2D eigenvalue weighted by molar-refractivity contribution is 7.52. The standard InChI is InChI=1S/C5H14NO3P/c1-2-3-4-5(6)10(7,8)9/h5H,2-4,6H2,1H3,(H2,7,8,9)/t5-/m1/s1. The molecule has 62 valence electrons. The van der Waals surface area contributed by atoms with Gasteiger partial charge >= 0.3 is 7.60 Å². The third kappa shape index (κ3) is 4.01. The molecule has 10 heavy (non-hydrogen) atoms. The molecule has 0 aliphatic carbocycles. The lowest BCUT2D eigenvalue weighted by atomic mass is 10.2. The van der Waals surface area contributed by atoms with Crippen LogP contribution in [0.4, 0.5) is 0 Å². The summed E-state index contributed by atoms with van der Waals surface area (Å²) in [7, 11) is -4.01. The van der Waals surface area contributed by atoms with E-state index in [0.29, 0.717) is 6.42 Å². The fourth-order valence-electron chi connectivity index (χ4n) is 0.581. The Morgan fingerprint density at radius 2 is 2.10 bits per heavy atom. The summed E-state index contributed by atoms with van der Waals surface area (Å²) in [5.74, 6) is -0.965. The molecule has 0 unspecified atom stereocenters. The van der Waals surface area contributed by atoms with Gasteiger partial charge in [-0.2, -0.15) is 0 Å². The van der Waals surface area contributed by atoms with Crippen molar-refractivity contribution in [3.63, 3.8) is 0 Å². The van der Waals surface area contributed by atoms with Crippen molar-refractivity contribution >= 4 is 7.60 Å². The fraction of sp³-hybridized carbons (Fsp3) is 1.00. The largest absolute Gasteiger partial charge is 0.342 e. The van der Waals surface area contributed by atoms with Crippen molar-refractivity contribution in [1.82, 2.24) is 0 Å². The van der Waals surface area contributed by atoms with E-state index in [1.165, 1.54) is 0 Å². The van der Waals surface area contributed by atoms with Crippen LogP contribution in [0.15, 0.2) is 0 Å². The molecule has 4 N–H and O–H groups in total. The summed E-state index contributed by atoms with van der Waals surface area (Å²) in [5.41, 5.74) is 5.17. The van der Waals surface area contributed by atoms with Gasteiger partial charge in [-0.05, 0) is 6.42 Å². The van der Waals surface area contributed by atoms with Crippen LogP contribution in [-0.4, -0.2) is 15.6 Å². The van der Waals surface area contributed by atoms with Gasteiger partial charge in [-0.3, -0.25) is 4.57 Å². The van der Waals surface area contributed by atoms with Gasteiger partial charge < -0.3 is 15.5 Å². The Morgan fingerprint density at radius 1 is 1.60 bits per heavy atom. The first-order valence-electron chi connectivity index (χ1n) is 3.29. The molecule has 1 atom stereocenters. The average Bonchev–Trinajstić information content (AvgIpc) is 1.80. The topological polar surface area (TPSA) is 83.6 Å². The number of hydrogen-bond donors (Lipinski definition) is 3. The maximum Gasteiger partial charge on any atom is 0.342 e. The maximum atomic E-state index is 10.4. The van der Waals surface area contributed by atoms with Gasteiger partial charge in [0.05, 0.1) is 0 Å². The first-order chi connectivity index (χ1) is 4.48. The number of rotatable bonds is 4. The van der Waals surface area contributed by atoms with Crippen molar-refractivity contribution in [1.29, 1.82) is 0 Å². The molecule has 0 aromatic rings. The van der Waals surface area contributed by atoms with Gasteiger partial charge in [0, 0.05) is 0 Å². The summed E-state index contributed by atoms with van der Waals surface area (Å²) in [5, 5.41) is 0. The van der Waals surface area contributed by atoms with Crippen LogP contribution in [0.25, 0.3) is 0 Å². The van der Waals surface area contributed by atoms with Crippen molar-refractivity contribution in [3.05, 3.63) is 0 Å². The van der Waals surface area contributed by atoms with Gasteiger partial charge in [-0.1, -0.05) is 19.8 Å². The zero-order chi connectivity index (χ0) is 8.20. The van der Waals surface area contributed by atoms with E-state index in [9.17, 15) is 4.57 Å². The van der Waals surface area contributed by atoms with E-state index in [0.717, 1.165) is 12.8 Å². The van der Waals surface area contributed by atoms with Crippen molar-refractivity contribution in [2.24, 2.45) is 5.73 Å². The highest BCUT2D eigenvalue weighted by Gasteiger charge is 2.23. The van der Waals surface area contributed by atoms with E-state index in [1.807, 2.05) is 6.92 Å². The summed E-state index contributed by atoms with van der Waals surface area (Å²) in [6, 6.07) is 0. The summed E-state index contributed by atoms with van der Waals surface area (Å²) < 4.78 is 10.4. The van der Waals surface area contributed by atoms with Gasteiger partial charge in [-0.25, -0.2) is 0 Å². The van der Waals surface area contributed by atoms with Gasteiger partial charge in [0.2, 0.25) is 0 Å². The second-order valence-corrected chi connectivity index (χ2v) is 4.14. The molecule has 0 bridgehead atoms. The minimum atomic E-state index is -4.01. The number of hydrogen-bond acceptors (Lipinski definition) is 2. The van der Waals surface area contributed by atoms with Crippen LogP contribution in [0.2, 0.25) is 0 Å². The van der Waals surface area contributed by atoms with Crippen molar-refractivity contribution in [2.45, 2.75) is 32.0 Å². The lowest BCUT2D eigenvalue weighted by Crippen LogP contribution is -2.19. The smallest absolute Gasteiger partial charge is 0.323 e. The van der Waals surface area contributed by atoms with Crippen LogP contribution in [0.5, 0.6) is 0 Å². The van der Waals surface area contributed by atoms with Crippen LogP contribution in [0.1, 0.15) is 26.2 Å². The molecule has 0 saturated carbocycles. The molecule has 0 aliphatic rings. The minimum absolute atomic E-state index is 0.404. The van der Waals surface area contributed by atoms with E-state index >= 15 is 0 Å².